The van der Waals surface area contributed by atoms with Crippen molar-refractivity contribution in [2.75, 3.05) is 13.1 Å². The average molecular weight is 336 g/mol. The number of alkyl halides is 1. The molecular formula is C14H19ClFNO3S. The molecule has 7 heteroatoms. The molecule has 4 nitrogen and oxygen atoms in total. The van der Waals surface area contributed by atoms with Gasteiger partial charge in [-0.05, 0) is 38.5 Å². The second-order valence-corrected chi connectivity index (χ2v) is 7.63. The summed E-state index contributed by atoms with van der Waals surface area (Å²) in [5.74, 6) is -0.515. The Morgan fingerprint density at radius 3 is 2.43 bits per heavy atom. The Morgan fingerprint density at radius 1 is 1.33 bits per heavy atom. The van der Waals surface area contributed by atoms with Gasteiger partial charge in [0.1, 0.15) is 5.82 Å². The Bertz CT molecular complexity index is 625. The van der Waals surface area contributed by atoms with Crippen molar-refractivity contribution in [1.82, 2.24) is 4.31 Å². The number of hydrogen-bond acceptors (Lipinski definition) is 3. The number of rotatable bonds is 3. The number of benzene rings is 1. The van der Waals surface area contributed by atoms with E-state index >= 15 is 0 Å². The minimum atomic E-state index is -3.67. The first-order valence-electron chi connectivity index (χ1n) is 6.76. The molecule has 0 spiro atoms. The summed E-state index contributed by atoms with van der Waals surface area (Å²) in [5, 5.41) is 0. The van der Waals surface area contributed by atoms with Crippen molar-refractivity contribution in [3.8, 4) is 0 Å². The number of nitrogens with zero attached hydrogens (tertiary/aromatic N) is 1. The fourth-order valence-corrected chi connectivity index (χ4v) is 4.45. The van der Waals surface area contributed by atoms with E-state index in [0.29, 0.717) is 13.1 Å². The van der Waals surface area contributed by atoms with Crippen molar-refractivity contribution >= 4 is 21.6 Å². The van der Waals surface area contributed by atoms with Gasteiger partial charge in [0.15, 0.2) is 0 Å². The highest BCUT2D eigenvalue weighted by Crippen LogP contribution is 2.25. The molecule has 2 rings (SSSR count). The summed E-state index contributed by atoms with van der Waals surface area (Å²) in [6.07, 6.45) is -0.338. The van der Waals surface area contributed by atoms with Crippen LogP contribution < -0.4 is 0 Å². The minimum Gasteiger partial charge on any atom is -0.373 e. The standard InChI is InChI=1S/C14H19ClFNO3S/c1-9-4-13(5-12(6-15)14(9)16)21(18,19)17-7-10(2)20-11(3)8-17/h4-5,10-11H,6-8H2,1-3H3. The lowest BCUT2D eigenvalue weighted by Gasteiger charge is -2.34. The zero-order valence-electron chi connectivity index (χ0n) is 12.3. The monoisotopic (exact) mass is 335 g/mol. The first-order valence-corrected chi connectivity index (χ1v) is 8.73. The average Bonchev–Trinajstić information content (AvgIpc) is 2.40. The number of ether oxygens (including phenoxy) is 1. The maximum absolute atomic E-state index is 13.8. The highest BCUT2D eigenvalue weighted by Gasteiger charge is 2.32. The van der Waals surface area contributed by atoms with E-state index in [1.807, 2.05) is 13.8 Å². The molecule has 2 atom stereocenters. The van der Waals surface area contributed by atoms with Gasteiger partial charge in [-0.25, -0.2) is 12.8 Å². The van der Waals surface area contributed by atoms with Gasteiger partial charge >= 0.3 is 0 Å². The third kappa shape index (κ3) is 3.39. The highest BCUT2D eigenvalue weighted by atomic mass is 35.5. The Kier molecular flexibility index (Phi) is 4.92. The fourth-order valence-electron chi connectivity index (χ4n) is 2.53. The maximum Gasteiger partial charge on any atom is 0.243 e. The summed E-state index contributed by atoms with van der Waals surface area (Å²) in [6.45, 7) is 5.78. The molecule has 0 bridgehead atoms. The van der Waals surface area contributed by atoms with Crippen molar-refractivity contribution in [2.45, 2.75) is 43.8 Å². The fraction of sp³-hybridized carbons (Fsp3) is 0.571. The zero-order valence-corrected chi connectivity index (χ0v) is 13.8. The molecule has 1 heterocycles. The van der Waals surface area contributed by atoms with Crippen LogP contribution in [-0.4, -0.2) is 38.0 Å². The van der Waals surface area contributed by atoms with E-state index in [1.54, 1.807) is 0 Å². The van der Waals surface area contributed by atoms with Crippen molar-refractivity contribution in [2.24, 2.45) is 0 Å². The lowest BCUT2D eigenvalue weighted by molar-refractivity contribution is -0.0440. The van der Waals surface area contributed by atoms with Gasteiger partial charge < -0.3 is 4.74 Å². The van der Waals surface area contributed by atoms with Gasteiger partial charge in [-0.3, -0.25) is 0 Å². The van der Waals surface area contributed by atoms with E-state index in [2.05, 4.69) is 0 Å². The molecule has 0 radical (unpaired) electrons. The summed E-state index contributed by atoms with van der Waals surface area (Å²) in [6, 6.07) is 2.67. The normalized spacial score (nSPS) is 24.2. The van der Waals surface area contributed by atoms with Crippen LogP contribution in [0.5, 0.6) is 0 Å². The van der Waals surface area contributed by atoms with Crippen molar-refractivity contribution in [3.05, 3.63) is 29.1 Å². The summed E-state index contributed by atoms with van der Waals surface area (Å²) in [5.41, 5.74) is 0.477. The number of hydrogen-bond donors (Lipinski definition) is 0. The van der Waals surface area contributed by atoms with Gasteiger partial charge in [-0.1, -0.05) is 0 Å². The largest absolute Gasteiger partial charge is 0.373 e. The first kappa shape index (κ1) is 16.7. The van der Waals surface area contributed by atoms with Gasteiger partial charge in [-0.15, -0.1) is 11.6 Å². The van der Waals surface area contributed by atoms with E-state index in [-0.39, 0.29) is 34.1 Å². The first-order chi connectivity index (χ1) is 9.75. The molecule has 0 N–H and O–H groups in total. The van der Waals surface area contributed by atoms with Crippen LogP contribution in [0, 0.1) is 12.7 Å². The van der Waals surface area contributed by atoms with Crippen LogP contribution in [-0.2, 0) is 20.6 Å². The lowest BCUT2D eigenvalue weighted by Crippen LogP contribution is -2.48. The summed E-state index contributed by atoms with van der Waals surface area (Å²) in [7, 11) is -3.67. The van der Waals surface area contributed by atoms with Gasteiger partial charge in [-0.2, -0.15) is 4.31 Å². The van der Waals surface area contributed by atoms with Crippen molar-refractivity contribution in [1.29, 1.82) is 0 Å². The third-order valence-electron chi connectivity index (χ3n) is 3.47. The number of sulfonamides is 1. The van der Waals surface area contributed by atoms with E-state index in [4.69, 9.17) is 16.3 Å². The van der Waals surface area contributed by atoms with Crippen molar-refractivity contribution < 1.29 is 17.5 Å². The van der Waals surface area contributed by atoms with Crippen LogP contribution in [0.4, 0.5) is 4.39 Å². The Hall–Kier alpha value is -0.690. The topological polar surface area (TPSA) is 46.6 Å². The number of aryl methyl sites for hydroxylation is 1. The Balaban J connectivity index is 2.42. The summed E-state index contributed by atoms with van der Waals surface area (Å²) in [4.78, 5) is 0.0818. The van der Waals surface area contributed by atoms with Crippen LogP contribution >= 0.6 is 11.6 Å². The van der Waals surface area contributed by atoms with Crippen LogP contribution in [0.15, 0.2) is 17.0 Å². The van der Waals surface area contributed by atoms with Crippen LogP contribution in [0.25, 0.3) is 0 Å². The minimum absolute atomic E-state index is 0.0635. The third-order valence-corrected chi connectivity index (χ3v) is 5.57. The van der Waals surface area contributed by atoms with Gasteiger partial charge in [0.05, 0.1) is 23.0 Å². The smallest absolute Gasteiger partial charge is 0.243 e. The summed E-state index contributed by atoms with van der Waals surface area (Å²) < 4.78 is 46.2. The predicted octanol–water partition coefficient (Wildman–Crippen LogP) is 2.67. The molecular weight excluding hydrogens is 317 g/mol. The second kappa shape index (κ2) is 6.20. The lowest BCUT2D eigenvalue weighted by atomic mass is 10.1. The Labute approximate surface area is 129 Å². The Morgan fingerprint density at radius 2 is 1.90 bits per heavy atom. The SMILES string of the molecule is Cc1cc(S(=O)(=O)N2CC(C)OC(C)C2)cc(CCl)c1F. The van der Waals surface area contributed by atoms with Crippen LogP contribution in [0.1, 0.15) is 25.0 Å². The van der Waals surface area contributed by atoms with E-state index in [1.165, 1.54) is 23.4 Å². The molecule has 1 aromatic carbocycles. The molecule has 1 aromatic rings. The molecule has 1 aliphatic heterocycles. The molecule has 0 saturated carbocycles. The van der Waals surface area contributed by atoms with E-state index < -0.39 is 15.8 Å². The number of halogens is 2. The van der Waals surface area contributed by atoms with Crippen LogP contribution in [0.2, 0.25) is 0 Å². The van der Waals surface area contributed by atoms with E-state index in [0.717, 1.165) is 0 Å². The highest BCUT2D eigenvalue weighted by molar-refractivity contribution is 7.89. The molecule has 0 amide bonds. The molecule has 0 aromatic heterocycles. The van der Waals surface area contributed by atoms with E-state index in [9.17, 15) is 12.8 Å². The zero-order chi connectivity index (χ0) is 15.8. The van der Waals surface area contributed by atoms with Crippen molar-refractivity contribution in [3.63, 3.8) is 0 Å². The predicted molar refractivity (Wildman–Crippen MR) is 79.5 cm³/mol. The van der Waals surface area contributed by atoms with Gasteiger partial charge in [0, 0.05) is 18.7 Å². The molecule has 0 aliphatic carbocycles. The van der Waals surface area contributed by atoms with Gasteiger partial charge in [0.2, 0.25) is 10.0 Å². The van der Waals surface area contributed by atoms with Crippen LogP contribution in [0.3, 0.4) is 0 Å². The molecule has 21 heavy (non-hydrogen) atoms. The molecule has 2 unspecified atom stereocenters. The molecule has 1 fully saturated rings. The maximum atomic E-state index is 13.8. The molecule has 1 saturated heterocycles. The molecule has 118 valence electrons. The number of morpholine rings is 1. The quantitative estimate of drug-likeness (QED) is 0.798. The molecule has 1 aliphatic rings. The summed E-state index contributed by atoms with van der Waals surface area (Å²) >= 11 is 5.69. The second-order valence-electron chi connectivity index (χ2n) is 5.43. The van der Waals surface area contributed by atoms with Gasteiger partial charge in [0.25, 0.3) is 0 Å².